The van der Waals surface area contributed by atoms with Crippen molar-refractivity contribution in [3.8, 4) is 5.69 Å². The molecule has 7 nitrogen and oxygen atoms in total. The normalized spacial score (nSPS) is 12.6. The molecule has 37 heavy (non-hydrogen) atoms. The van der Waals surface area contributed by atoms with E-state index in [0.717, 1.165) is 35.1 Å². The van der Waals surface area contributed by atoms with E-state index < -0.39 is 5.97 Å². The molecule has 0 aliphatic rings. The van der Waals surface area contributed by atoms with Crippen LogP contribution in [-0.4, -0.2) is 31.7 Å². The lowest BCUT2D eigenvalue weighted by atomic mass is 10.1. The summed E-state index contributed by atoms with van der Waals surface area (Å²) < 4.78 is 9.80. The number of aromatic nitrogens is 4. The standard InChI is InChI=1S/C30H29N5O2/c1-4-18(3)17-37-30(36)26-27-29(33-23-12-8-7-11-22(23)32-27)35(28(26)31)19-14-15-25-21(16-19)20-10-6-9-13-24(20)34(25)5-2/h6-16,18H,4-5,17,31H2,1-3H3/t18-/m1/s1. The van der Waals surface area contributed by atoms with Crippen LogP contribution in [0.5, 0.6) is 0 Å². The van der Waals surface area contributed by atoms with Gasteiger partial charge in [0.25, 0.3) is 0 Å². The minimum atomic E-state index is -0.477. The van der Waals surface area contributed by atoms with Gasteiger partial charge in [0.1, 0.15) is 16.9 Å². The Morgan fingerprint density at radius 2 is 1.65 bits per heavy atom. The highest BCUT2D eigenvalue weighted by Crippen LogP contribution is 2.35. The maximum atomic E-state index is 13.3. The molecule has 0 aliphatic carbocycles. The second kappa shape index (κ2) is 8.92. The fourth-order valence-corrected chi connectivity index (χ4v) is 5.05. The Kier molecular flexibility index (Phi) is 5.56. The number of esters is 1. The molecule has 6 aromatic rings. The summed E-state index contributed by atoms with van der Waals surface area (Å²) in [5.41, 5.74) is 12.5. The summed E-state index contributed by atoms with van der Waals surface area (Å²) in [4.78, 5) is 23.0. The number of nitrogen functional groups attached to an aromatic ring is 1. The van der Waals surface area contributed by atoms with E-state index >= 15 is 0 Å². The average molecular weight is 492 g/mol. The molecule has 3 aromatic heterocycles. The molecule has 0 saturated heterocycles. The van der Waals surface area contributed by atoms with Crippen LogP contribution in [0.25, 0.3) is 49.7 Å². The average Bonchev–Trinajstić information content (AvgIpc) is 3.40. The summed E-state index contributed by atoms with van der Waals surface area (Å²) in [5.74, 6) is 0.0524. The van der Waals surface area contributed by atoms with E-state index in [9.17, 15) is 4.79 Å². The van der Waals surface area contributed by atoms with Crippen LogP contribution in [0.4, 0.5) is 5.82 Å². The van der Waals surface area contributed by atoms with E-state index in [4.69, 9.17) is 20.4 Å². The Balaban J connectivity index is 1.61. The van der Waals surface area contributed by atoms with Gasteiger partial charge in [0.15, 0.2) is 5.65 Å². The smallest absolute Gasteiger partial charge is 0.344 e. The third-order valence-corrected chi connectivity index (χ3v) is 7.23. The van der Waals surface area contributed by atoms with Gasteiger partial charge in [-0.1, -0.05) is 50.6 Å². The third kappa shape index (κ3) is 3.61. The van der Waals surface area contributed by atoms with Gasteiger partial charge in [-0.05, 0) is 49.2 Å². The van der Waals surface area contributed by atoms with Crippen molar-refractivity contribution in [2.75, 3.05) is 12.3 Å². The lowest BCUT2D eigenvalue weighted by molar-refractivity contribution is 0.0450. The molecular formula is C30H29N5O2. The second-order valence-electron chi connectivity index (χ2n) is 9.55. The summed E-state index contributed by atoms with van der Waals surface area (Å²) >= 11 is 0. The van der Waals surface area contributed by atoms with Crippen molar-refractivity contribution in [2.24, 2.45) is 5.92 Å². The molecule has 3 heterocycles. The predicted molar refractivity (Wildman–Crippen MR) is 149 cm³/mol. The molecule has 0 unspecified atom stereocenters. The monoisotopic (exact) mass is 491 g/mol. The van der Waals surface area contributed by atoms with Crippen molar-refractivity contribution >= 4 is 55.8 Å². The number of carbonyl (C=O) groups is 1. The van der Waals surface area contributed by atoms with Crippen molar-refractivity contribution in [1.82, 2.24) is 19.1 Å². The summed E-state index contributed by atoms with van der Waals surface area (Å²) in [6.07, 6.45) is 0.917. The quantitative estimate of drug-likeness (QED) is 0.269. The highest BCUT2D eigenvalue weighted by molar-refractivity contribution is 6.11. The molecule has 0 aliphatic heterocycles. The van der Waals surface area contributed by atoms with E-state index in [1.165, 1.54) is 10.9 Å². The first-order valence-corrected chi connectivity index (χ1v) is 12.8. The Morgan fingerprint density at radius 1 is 0.946 bits per heavy atom. The van der Waals surface area contributed by atoms with E-state index in [2.05, 4.69) is 61.7 Å². The first-order chi connectivity index (χ1) is 18.0. The number of ether oxygens (including phenoxy) is 1. The zero-order chi connectivity index (χ0) is 25.7. The minimum absolute atomic E-state index is 0.253. The van der Waals surface area contributed by atoms with Crippen LogP contribution in [0.2, 0.25) is 0 Å². The van der Waals surface area contributed by atoms with Gasteiger partial charge in [-0.15, -0.1) is 0 Å². The largest absolute Gasteiger partial charge is 0.462 e. The molecule has 0 saturated carbocycles. The van der Waals surface area contributed by atoms with Crippen LogP contribution >= 0.6 is 0 Å². The maximum Gasteiger partial charge on any atom is 0.344 e. The molecule has 0 bridgehead atoms. The Hall–Kier alpha value is -4.39. The number of nitrogens with two attached hydrogens (primary N) is 1. The summed E-state index contributed by atoms with van der Waals surface area (Å²) in [7, 11) is 0. The van der Waals surface area contributed by atoms with Crippen molar-refractivity contribution in [1.29, 1.82) is 0 Å². The minimum Gasteiger partial charge on any atom is -0.462 e. The van der Waals surface area contributed by atoms with Gasteiger partial charge in [-0.2, -0.15) is 0 Å². The SMILES string of the molecule is CC[C@@H](C)COC(=O)c1c(N)n(-c2ccc3c(c2)c2ccccc2n3CC)c2nc3ccccc3nc12. The number of benzene rings is 3. The zero-order valence-electron chi connectivity index (χ0n) is 21.2. The van der Waals surface area contributed by atoms with Crippen molar-refractivity contribution in [3.63, 3.8) is 0 Å². The number of nitrogens with zero attached hydrogens (tertiary/aromatic N) is 4. The number of hydrogen-bond acceptors (Lipinski definition) is 5. The van der Waals surface area contributed by atoms with Gasteiger partial charge < -0.3 is 15.0 Å². The molecule has 6 rings (SSSR count). The first kappa shape index (κ1) is 23.0. The fourth-order valence-electron chi connectivity index (χ4n) is 5.05. The van der Waals surface area contributed by atoms with Crippen LogP contribution in [0.3, 0.4) is 0 Å². The van der Waals surface area contributed by atoms with E-state index in [0.29, 0.717) is 23.3 Å². The number of para-hydroxylation sites is 3. The first-order valence-electron chi connectivity index (χ1n) is 12.8. The fraction of sp³-hybridized carbons (Fsp3) is 0.233. The van der Waals surface area contributed by atoms with Gasteiger partial charge in [-0.25, -0.2) is 14.8 Å². The zero-order valence-corrected chi connectivity index (χ0v) is 21.2. The highest BCUT2D eigenvalue weighted by Gasteiger charge is 2.26. The topological polar surface area (TPSA) is 88.0 Å². The molecule has 7 heteroatoms. The summed E-state index contributed by atoms with van der Waals surface area (Å²) in [6, 6.07) is 22.3. The lowest BCUT2D eigenvalue weighted by Crippen LogP contribution is -2.13. The Morgan fingerprint density at radius 3 is 2.41 bits per heavy atom. The molecule has 0 spiro atoms. The van der Waals surface area contributed by atoms with Gasteiger partial charge >= 0.3 is 5.97 Å². The number of carbonyl (C=O) groups excluding carboxylic acids is 1. The Bertz CT molecular complexity index is 1810. The van der Waals surface area contributed by atoms with Crippen LogP contribution < -0.4 is 5.73 Å². The predicted octanol–water partition coefficient (Wildman–Crippen LogP) is 6.49. The van der Waals surface area contributed by atoms with E-state index in [1.54, 1.807) is 0 Å². The van der Waals surface area contributed by atoms with Crippen LogP contribution in [0, 0.1) is 5.92 Å². The molecule has 0 fully saturated rings. The van der Waals surface area contributed by atoms with E-state index in [-0.39, 0.29) is 17.3 Å². The van der Waals surface area contributed by atoms with E-state index in [1.807, 2.05) is 34.9 Å². The summed E-state index contributed by atoms with van der Waals surface area (Å²) in [5, 5.41) is 2.28. The second-order valence-corrected chi connectivity index (χ2v) is 9.55. The maximum absolute atomic E-state index is 13.3. The Labute approximate surface area is 214 Å². The third-order valence-electron chi connectivity index (χ3n) is 7.23. The van der Waals surface area contributed by atoms with Gasteiger partial charge in [0, 0.05) is 34.0 Å². The van der Waals surface area contributed by atoms with Gasteiger partial charge in [0.05, 0.1) is 17.6 Å². The van der Waals surface area contributed by atoms with Gasteiger partial charge in [0.2, 0.25) is 0 Å². The molecule has 2 N–H and O–H groups in total. The number of anilines is 1. The highest BCUT2D eigenvalue weighted by atomic mass is 16.5. The molecule has 1 atom stereocenters. The number of hydrogen-bond donors (Lipinski definition) is 1. The van der Waals surface area contributed by atoms with Crippen LogP contribution in [0.1, 0.15) is 37.6 Å². The molecule has 3 aromatic carbocycles. The number of fused-ring (bicyclic) bond motifs is 5. The number of aryl methyl sites for hydroxylation is 1. The van der Waals surface area contributed by atoms with Crippen LogP contribution in [0.15, 0.2) is 66.7 Å². The molecule has 186 valence electrons. The summed E-state index contributed by atoms with van der Waals surface area (Å²) in [6.45, 7) is 7.46. The van der Waals surface area contributed by atoms with Crippen molar-refractivity contribution in [2.45, 2.75) is 33.7 Å². The van der Waals surface area contributed by atoms with Crippen LogP contribution in [-0.2, 0) is 11.3 Å². The van der Waals surface area contributed by atoms with Crippen molar-refractivity contribution < 1.29 is 9.53 Å². The lowest BCUT2D eigenvalue weighted by Gasteiger charge is -2.10. The number of rotatable bonds is 6. The molecular weight excluding hydrogens is 462 g/mol. The van der Waals surface area contributed by atoms with Crippen molar-refractivity contribution in [3.05, 3.63) is 72.3 Å². The van der Waals surface area contributed by atoms with Gasteiger partial charge in [-0.3, -0.25) is 4.57 Å². The molecule has 0 radical (unpaired) electrons. The molecule has 0 amide bonds.